The zero-order chi connectivity index (χ0) is 12.5. The smallest absolute Gasteiger partial charge is 0.222 e. The lowest BCUT2D eigenvalue weighted by Crippen LogP contribution is -1.98. The maximum Gasteiger partial charge on any atom is 0.222 e. The van der Waals surface area contributed by atoms with Gasteiger partial charge < -0.3 is 5.32 Å². The zero-order valence-electron chi connectivity index (χ0n) is 9.63. The summed E-state index contributed by atoms with van der Waals surface area (Å²) < 4.78 is 1.91. The van der Waals surface area contributed by atoms with E-state index in [0.717, 1.165) is 17.0 Å². The third-order valence-corrected chi connectivity index (χ3v) is 2.87. The summed E-state index contributed by atoms with van der Waals surface area (Å²) in [6.07, 6.45) is 3.59. The number of rotatable bonds is 2. The van der Waals surface area contributed by atoms with Crippen LogP contribution < -0.4 is 5.32 Å². The number of anilines is 1. The molecule has 0 aliphatic carbocycles. The fourth-order valence-electron chi connectivity index (χ4n) is 1.81. The molecule has 0 saturated heterocycles. The first-order valence-corrected chi connectivity index (χ1v) is 5.81. The van der Waals surface area contributed by atoms with Gasteiger partial charge in [-0.2, -0.15) is 0 Å². The van der Waals surface area contributed by atoms with Crippen molar-refractivity contribution >= 4 is 23.2 Å². The summed E-state index contributed by atoms with van der Waals surface area (Å²) in [6, 6.07) is 7.55. The van der Waals surface area contributed by atoms with Gasteiger partial charge in [0.2, 0.25) is 5.95 Å². The number of nitrogens with zero attached hydrogens (tertiary/aromatic N) is 4. The Bertz CT molecular complexity index is 707. The Kier molecular flexibility index (Phi) is 2.60. The van der Waals surface area contributed by atoms with E-state index in [1.165, 1.54) is 0 Å². The Labute approximate surface area is 108 Å². The van der Waals surface area contributed by atoms with Crippen molar-refractivity contribution in [2.45, 2.75) is 0 Å². The Hall–Kier alpha value is -2.14. The topological polar surface area (TPSA) is 55.1 Å². The fraction of sp³-hybridized carbons (Fsp3) is 0.0833. The minimum Gasteiger partial charge on any atom is -0.357 e. The fourth-order valence-corrected chi connectivity index (χ4v) is 2.08. The molecule has 3 aromatic rings. The van der Waals surface area contributed by atoms with Crippen LogP contribution >= 0.6 is 11.6 Å². The summed E-state index contributed by atoms with van der Waals surface area (Å²) in [5, 5.41) is 3.33. The average Bonchev–Trinajstić information content (AvgIpc) is 2.74. The van der Waals surface area contributed by atoms with Crippen molar-refractivity contribution in [2.75, 3.05) is 12.4 Å². The van der Waals surface area contributed by atoms with E-state index in [1.807, 2.05) is 34.9 Å². The van der Waals surface area contributed by atoms with Crippen LogP contribution in [-0.2, 0) is 0 Å². The Balaban J connectivity index is 2.27. The molecule has 0 unspecified atom stereocenters. The highest BCUT2D eigenvalue weighted by Gasteiger charge is 2.13. The highest BCUT2D eigenvalue weighted by molar-refractivity contribution is 6.32. The quantitative estimate of drug-likeness (QED) is 0.768. The van der Waals surface area contributed by atoms with Crippen LogP contribution in [0.15, 0.2) is 36.7 Å². The summed E-state index contributed by atoms with van der Waals surface area (Å²) in [5.74, 6) is 0.550. The van der Waals surface area contributed by atoms with E-state index in [9.17, 15) is 0 Å². The molecule has 0 fully saturated rings. The lowest BCUT2D eigenvalue weighted by molar-refractivity contribution is 1.12. The first-order valence-electron chi connectivity index (χ1n) is 5.43. The molecular weight excluding hydrogens is 250 g/mol. The summed E-state index contributed by atoms with van der Waals surface area (Å²) >= 11 is 6.18. The van der Waals surface area contributed by atoms with Gasteiger partial charge in [0.1, 0.15) is 11.3 Å². The predicted octanol–water partition coefficient (Wildman–Crippen LogP) is 2.49. The van der Waals surface area contributed by atoms with Crippen molar-refractivity contribution in [3.63, 3.8) is 0 Å². The van der Waals surface area contributed by atoms with Gasteiger partial charge in [0.15, 0.2) is 5.15 Å². The second kappa shape index (κ2) is 4.27. The van der Waals surface area contributed by atoms with Gasteiger partial charge in [-0.05, 0) is 18.2 Å². The van der Waals surface area contributed by atoms with E-state index in [1.54, 1.807) is 13.2 Å². The van der Waals surface area contributed by atoms with Crippen molar-refractivity contribution in [3.8, 4) is 11.4 Å². The number of pyridine rings is 1. The Morgan fingerprint density at radius 1 is 1.22 bits per heavy atom. The predicted molar refractivity (Wildman–Crippen MR) is 70.8 cm³/mol. The normalized spacial score (nSPS) is 10.8. The molecule has 0 saturated carbocycles. The van der Waals surface area contributed by atoms with Crippen LogP contribution in [-0.4, -0.2) is 26.4 Å². The molecule has 3 aromatic heterocycles. The van der Waals surface area contributed by atoms with E-state index >= 15 is 0 Å². The Morgan fingerprint density at radius 3 is 2.94 bits per heavy atom. The molecule has 1 N–H and O–H groups in total. The molecule has 5 nitrogen and oxygen atoms in total. The largest absolute Gasteiger partial charge is 0.357 e. The molecule has 90 valence electrons. The van der Waals surface area contributed by atoms with Gasteiger partial charge in [-0.15, -0.1) is 0 Å². The first-order chi connectivity index (χ1) is 8.79. The molecule has 0 aromatic carbocycles. The van der Waals surface area contributed by atoms with Crippen LogP contribution in [0, 0.1) is 0 Å². The minimum atomic E-state index is 0.432. The molecule has 3 rings (SSSR count). The molecule has 0 spiro atoms. The van der Waals surface area contributed by atoms with E-state index in [4.69, 9.17) is 11.6 Å². The lowest BCUT2D eigenvalue weighted by atomic mass is 10.3. The van der Waals surface area contributed by atoms with E-state index in [0.29, 0.717) is 11.1 Å². The second-order valence-corrected chi connectivity index (χ2v) is 4.05. The van der Waals surface area contributed by atoms with Gasteiger partial charge in [-0.25, -0.2) is 15.0 Å². The Morgan fingerprint density at radius 2 is 2.11 bits per heavy atom. The van der Waals surface area contributed by atoms with Crippen LogP contribution in [0.2, 0.25) is 5.15 Å². The minimum absolute atomic E-state index is 0.432. The summed E-state index contributed by atoms with van der Waals surface area (Å²) in [5.41, 5.74) is 2.30. The van der Waals surface area contributed by atoms with Crippen molar-refractivity contribution in [1.82, 2.24) is 19.4 Å². The van der Waals surface area contributed by atoms with E-state index < -0.39 is 0 Å². The molecule has 0 radical (unpaired) electrons. The zero-order valence-corrected chi connectivity index (χ0v) is 10.4. The third-order valence-electron chi connectivity index (χ3n) is 2.61. The van der Waals surface area contributed by atoms with Gasteiger partial charge in [0, 0.05) is 19.4 Å². The number of hydrogen-bond acceptors (Lipinski definition) is 4. The van der Waals surface area contributed by atoms with Crippen LogP contribution in [0.1, 0.15) is 0 Å². The molecule has 0 aliphatic rings. The monoisotopic (exact) mass is 259 g/mol. The second-order valence-electron chi connectivity index (χ2n) is 3.70. The standard InChI is InChI=1S/C12H10ClN5/c1-14-12-15-6-5-8(16-12)10-11(13)17-9-4-2-3-7-18(9)10/h2-7H,1H3,(H,14,15,16). The molecule has 18 heavy (non-hydrogen) atoms. The molecule has 0 amide bonds. The summed E-state index contributed by atoms with van der Waals surface area (Å²) in [4.78, 5) is 12.8. The van der Waals surface area contributed by atoms with Crippen LogP contribution in [0.5, 0.6) is 0 Å². The maximum absolute atomic E-state index is 6.18. The molecule has 0 bridgehead atoms. The summed E-state index contributed by atoms with van der Waals surface area (Å²) in [7, 11) is 1.77. The highest BCUT2D eigenvalue weighted by Crippen LogP contribution is 2.27. The van der Waals surface area contributed by atoms with Gasteiger partial charge in [-0.1, -0.05) is 17.7 Å². The van der Waals surface area contributed by atoms with Gasteiger partial charge in [0.25, 0.3) is 0 Å². The van der Waals surface area contributed by atoms with Crippen LogP contribution in [0.25, 0.3) is 17.0 Å². The SMILES string of the molecule is CNc1nccc(-c2c(Cl)nc3ccccn23)n1. The molecule has 0 atom stereocenters. The van der Waals surface area contributed by atoms with E-state index in [-0.39, 0.29) is 0 Å². The summed E-state index contributed by atoms with van der Waals surface area (Å²) in [6.45, 7) is 0. The van der Waals surface area contributed by atoms with Gasteiger partial charge >= 0.3 is 0 Å². The molecule has 6 heteroatoms. The number of halogens is 1. The van der Waals surface area contributed by atoms with Crippen molar-refractivity contribution < 1.29 is 0 Å². The van der Waals surface area contributed by atoms with Crippen molar-refractivity contribution in [1.29, 1.82) is 0 Å². The number of imidazole rings is 1. The average molecular weight is 260 g/mol. The van der Waals surface area contributed by atoms with Crippen molar-refractivity contribution in [3.05, 3.63) is 41.8 Å². The van der Waals surface area contributed by atoms with E-state index in [2.05, 4.69) is 20.3 Å². The number of aromatic nitrogens is 4. The lowest BCUT2D eigenvalue weighted by Gasteiger charge is -2.03. The first kappa shape index (κ1) is 11.0. The maximum atomic E-state index is 6.18. The molecule has 3 heterocycles. The van der Waals surface area contributed by atoms with Crippen LogP contribution in [0.4, 0.5) is 5.95 Å². The van der Waals surface area contributed by atoms with Crippen LogP contribution in [0.3, 0.4) is 0 Å². The van der Waals surface area contributed by atoms with Gasteiger partial charge in [0.05, 0.1) is 5.69 Å². The highest BCUT2D eigenvalue weighted by atomic mass is 35.5. The number of hydrogen-bond donors (Lipinski definition) is 1. The molecule has 0 aliphatic heterocycles. The van der Waals surface area contributed by atoms with Crippen molar-refractivity contribution in [2.24, 2.45) is 0 Å². The molecular formula is C12H10ClN5. The number of nitrogens with one attached hydrogen (secondary N) is 1. The van der Waals surface area contributed by atoms with Gasteiger partial charge in [-0.3, -0.25) is 4.40 Å². The number of fused-ring (bicyclic) bond motifs is 1. The third kappa shape index (κ3) is 1.69.